The van der Waals surface area contributed by atoms with Crippen molar-refractivity contribution in [1.29, 1.82) is 0 Å². The van der Waals surface area contributed by atoms with Crippen LogP contribution in [0.5, 0.6) is 0 Å². The lowest BCUT2D eigenvalue weighted by Gasteiger charge is -2.22. The first kappa shape index (κ1) is 21.2. The predicted octanol–water partition coefficient (Wildman–Crippen LogP) is 2.04. The molecular weight excluding hydrogens is 426 g/mol. The van der Waals surface area contributed by atoms with Gasteiger partial charge in [0.2, 0.25) is 10.0 Å². The molecule has 0 spiro atoms. The number of hydrogen-bond acceptors (Lipinski definition) is 7. The van der Waals surface area contributed by atoms with Gasteiger partial charge in [-0.1, -0.05) is 13.0 Å². The summed E-state index contributed by atoms with van der Waals surface area (Å²) in [4.78, 5) is 25.6. The fourth-order valence-corrected chi connectivity index (χ4v) is 3.69. The minimum absolute atomic E-state index is 0.0374. The number of aliphatic imine (C=N–C) groups is 1. The summed E-state index contributed by atoms with van der Waals surface area (Å²) in [7, 11) is -4.93. The number of nitro groups is 1. The van der Waals surface area contributed by atoms with Crippen LogP contribution in [0.1, 0.15) is 37.2 Å². The number of nitrogens with two attached hydrogens (primary N) is 2. The van der Waals surface area contributed by atoms with E-state index in [1.807, 2.05) is 6.92 Å². The van der Waals surface area contributed by atoms with Crippen molar-refractivity contribution in [3.63, 3.8) is 0 Å². The van der Waals surface area contributed by atoms with Crippen molar-refractivity contribution in [2.75, 3.05) is 13.5 Å². The second-order valence-electron chi connectivity index (χ2n) is 6.85. The normalized spacial score (nSPS) is 15.1. The Morgan fingerprint density at radius 1 is 1.45 bits per heavy atom. The smallest absolute Gasteiger partial charge is 0.321 e. The standard InChI is InChI=1S/C19H29N5O6S/c1-5-6-7-8-13(2)14(3)30-18(25)12-23(4)31(28,29)17-10-9-15(24(26)27)11-16(17)22-19(20)21/h5,9-11,13-14H,1,6-8,12H2,2-4H3,(H4,20,21,22)/t13-,14+/m0/s1/i4D3. The van der Waals surface area contributed by atoms with Crippen molar-refractivity contribution in [3.05, 3.63) is 41.0 Å². The van der Waals surface area contributed by atoms with Crippen molar-refractivity contribution in [1.82, 2.24) is 4.31 Å². The monoisotopic (exact) mass is 458 g/mol. The van der Waals surface area contributed by atoms with Crippen LogP contribution in [0.15, 0.2) is 40.7 Å². The summed E-state index contributed by atoms with van der Waals surface area (Å²) >= 11 is 0. The number of sulfonamides is 1. The van der Waals surface area contributed by atoms with Crippen LogP contribution in [0, 0.1) is 16.0 Å². The molecule has 0 bridgehead atoms. The number of guanidine groups is 1. The summed E-state index contributed by atoms with van der Waals surface area (Å²) in [5.41, 5.74) is 9.50. The van der Waals surface area contributed by atoms with E-state index < -0.39 is 62.8 Å². The van der Waals surface area contributed by atoms with Gasteiger partial charge in [0.1, 0.15) is 17.5 Å². The molecule has 12 heteroatoms. The lowest BCUT2D eigenvalue weighted by molar-refractivity contribution is -0.384. The molecule has 11 nitrogen and oxygen atoms in total. The van der Waals surface area contributed by atoms with Gasteiger partial charge in [-0.05, 0) is 38.2 Å². The Balaban J connectivity index is 3.29. The molecule has 1 aromatic rings. The van der Waals surface area contributed by atoms with Crippen LogP contribution >= 0.6 is 0 Å². The number of carbonyl (C=O) groups is 1. The van der Waals surface area contributed by atoms with E-state index in [0.29, 0.717) is 6.42 Å². The zero-order valence-electron chi connectivity index (χ0n) is 20.4. The third-order valence-electron chi connectivity index (χ3n) is 4.43. The summed E-state index contributed by atoms with van der Waals surface area (Å²) < 4.78 is 54.6. The molecule has 0 heterocycles. The summed E-state index contributed by atoms with van der Waals surface area (Å²) in [6.45, 7) is 2.69. The van der Waals surface area contributed by atoms with Crippen LogP contribution in [-0.2, 0) is 19.6 Å². The van der Waals surface area contributed by atoms with Gasteiger partial charge in [-0.15, -0.1) is 6.58 Å². The first-order valence-corrected chi connectivity index (χ1v) is 10.8. The molecule has 0 aliphatic heterocycles. The summed E-state index contributed by atoms with van der Waals surface area (Å²) in [6.07, 6.45) is 3.47. The Morgan fingerprint density at radius 3 is 2.68 bits per heavy atom. The minimum atomic E-state index is -4.93. The Labute approximate surface area is 186 Å². The predicted molar refractivity (Wildman–Crippen MR) is 117 cm³/mol. The summed E-state index contributed by atoms with van der Waals surface area (Å²) in [5, 5.41) is 11.1. The maximum absolute atomic E-state index is 13.2. The molecule has 0 saturated heterocycles. The van der Waals surface area contributed by atoms with E-state index >= 15 is 0 Å². The molecule has 0 radical (unpaired) electrons. The number of carbonyl (C=O) groups excluding carboxylic acids is 1. The van der Waals surface area contributed by atoms with Gasteiger partial charge in [0, 0.05) is 23.2 Å². The number of allylic oxidation sites excluding steroid dienone is 1. The lowest BCUT2D eigenvalue weighted by Crippen LogP contribution is -2.35. The quantitative estimate of drug-likeness (QED) is 0.0910. The molecule has 31 heavy (non-hydrogen) atoms. The highest BCUT2D eigenvalue weighted by Gasteiger charge is 2.28. The molecule has 1 rings (SSSR count). The van der Waals surface area contributed by atoms with Crippen LogP contribution in [-0.4, -0.2) is 49.2 Å². The highest BCUT2D eigenvalue weighted by Crippen LogP contribution is 2.30. The Morgan fingerprint density at radius 2 is 2.13 bits per heavy atom. The number of ether oxygens (including phenoxy) is 1. The number of non-ortho nitro benzene ring substituents is 1. The van der Waals surface area contributed by atoms with Gasteiger partial charge in [0.05, 0.1) is 10.6 Å². The van der Waals surface area contributed by atoms with Crippen LogP contribution in [0.2, 0.25) is 0 Å². The molecule has 0 saturated carbocycles. The van der Waals surface area contributed by atoms with E-state index in [9.17, 15) is 23.3 Å². The topological polar surface area (TPSA) is 171 Å². The highest BCUT2D eigenvalue weighted by molar-refractivity contribution is 7.89. The van der Waals surface area contributed by atoms with Gasteiger partial charge in [0.25, 0.3) is 5.69 Å². The van der Waals surface area contributed by atoms with Gasteiger partial charge < -0.3 is 16.2 Å². The number of nitrogens with zero attached hydrogens (tertiary/aromatic N) is 3. The number of benzene rings is 1. The lowest BCUT2D eigenvalue weighted by atomic mass is 9.99. The number of rotatable bonds is 12. The number of hydrogen-bond donors (Lipinski definition) is 2. The van der Waals surface area contributed by atoms with Gasteiger partial charge in [0.15, 0.2) is 5.96 Å². The SMILES string of the molecule is [2H]C([2H])([2H])N(CC(=O)O[C@H](C)[C@@H](C)CCCC=C)S(=O)(=O)c1ccc([N+](=O)[O-])cc1N=C(N)N. The molecule has 2 atom stereocenters. The van der Waals surface area contributed by atoms with E-state index in [1.54, 1.807) is 13.0 Å². The van der Waals surface area contributed by atoms with Crippen LogP contribution in [0.25, 0.3) is 0 Å². The zero-order valence-corrected chi connectivity index (χ0v) is 18.2. The molecule has 1 aromatic carbocycles. The van der Waals surface area contributed by atoms with Gasteiger partial charge in [-0.3, -0.25) is 14.9 Å². The Hall–Kier alpha value is -2.99. The maximum atomic E-state index is 13.2. The van der Waals surface area contributed by atoms with Gasteiger partial charge in [-0.25, -0.2) is 13.4 Å². The van der Waals surface area contributed by atoms with Crippen molar-refractivity contribution >= 4 is 33.3 Å². The summed E-state index contributed by atoms with van der Waals surface area (Å²) in [6, 6.07) is 2.42. The Bertz CT molecular complexity index is 1040. The van der Waals surface area contributed by atoms with E-state index in [2.05, 4.69) is 11.6 Å². The molecular formula is C19H29N5O6S. The van der Waals surface area contributed by atoms with Crippen LogP contribution < -0.4 is 11.5 Å². The Kier molecular flexibility index (Phi) is 7.82. The molecule has 0 fully saturated rings. The van der Waals surface area contributed by atoms with E-state index in [0.717, 1.165) is 31.0 Å². The van der Waals surface area contributed by atoms with Gasteiger partial charge in [-0.2, -0.15) is 4.31 Å². The van der Waals surface area contributed by atoms with E-state index in [-0.39, 0.29) is 10.2 Å². The number of likely N-dealkylation sites (N-methyl/N-ethyl adjacent to an activating group) is 1. The molecule has 0 amide bonds. The fraction of sp³-hybridized carbons (Fsp3) is 0.474. The molecule has 0 aliphatic rings. The van der Waals surface area contributed by atoms with Crippen molar-refractivity contribution < 1.29 is 27.0 Å². The highest BCUT2D eigenvalue weighted by atomic mass is 32.2. The molecule has 172 valence electrons. The first-order valence-electron chi connectivity index (χ1n) is 10.8. The van der Waals surface area contributed by atoms with Crippen LogP contribution in [0.3, 0.4) is 0 Å². The number of esters is 1. The van der Waals surface area contributed by atoms with Crippen LogP contribution in [0.4, 0.5) is 11.4 Å². The molecule has 4 N–H and O–H groups in total. The largest absolute Gasteiger partial charge is 0.461 e. The van der Waals surface area contributed by atoms with Crippen molar-refractivity contribution in [2.45, 2.75) is 44.1 Å². The van der Waals surface area contributed by atoms with E-state index in [4.69, 9.17) is 20.3 Å². The number of nitro benzene ring substituents is 1. The first-order chi connectivity index (χ1) is 15.6. The average Bonchev–Trinajstić information content (AvgIpc) is 2.70. The van der Waals surface area contributed by atoms with Crippen molar-refractivity contribution in [2.24, 2.45) is 22.4 Å². The van der Waals surface area contributed by atoms with Crippen molar-refractivity contribution in [3.8, 4) is 0 Å². The summed E-state index contributed by atoms with van der Waals surface area (Å²) in [5.74, 6) is -1.76. The molecule has 0 aliphatic carbocycles. The third-order valence-corrected chi connectivity index (χ3v) is 6.04. The van der Waals surface area contributed by atoms with E-state index in [1.165, 1.54) is 0 Å². The average molecular weight is 459 g/mol. The molecule has 0 aromatic heterocycles. The zero-order chi connectivity index (χ0) is 26.3. The number of unbranched alkanes of at least 4 members (excludes halogenated alkanes) is 1. The second kappa shape index (κ2) is 11.4. The molecule has 0 unspecified atom stereocenters. The maximum Gasteiger partial charge on any atom is 0.321 e. The third kappa shape index (κ3) is 7.64. The minimum Gasteiger partial charge on any atom is -0.461 e. The second-order valence-corrected chi connectivity index (χ2v) is 8.68. The fourth-order valence-electron chi connectivity index (χ4n) is 2.56. The van der Waals surface area contributed by atoms with Gasteiger partial charge >= 0.3 is 5.97 Å².